The molecule has 2 rings (SSSR count). The maximum atomic E-state index is 13.2. The molecule has 1 atom stereocenters. The minimum Gasteiger partial charge on any atom is -0.479 e. The van der Waals surface area contributed by atoms with Crippen LogP contribution in [0.1, 0.15) is 17.2 Å². The van der Waals surface area contributed by atoms with Gasteiger partial charge >= 0.3 is 18.5 Å². The van der Waals surface area contributed by atoms with Crippen molar-refractivity contribution in [2.45, 2.75) is 18.6 Å². The zero-order valence-electron chi connectivity index (χ0n) is 12.6. The van der Waals surface area contributed by atoms with Gasteiger partial charge < -0.3 is 14.9 Å². The highest BCUT2D eigenvalue weighted by molar-refractivity contribution is 5.81. The van der Waals surface area contributed by atoms with E-state index < -0.39 is 41.5 Å². The second-order valence-electron chi connectivity index (χ2n) is 5.08. The van der Waals surface area contributed by atoms with Gasteiger partial charge in [0.15, 0.2) is 6.10 Å². The van der Waals surface area contributed by atoms with E-state index in [9.17, 15) is 36.2 Å². The average Bonchev–Trinajstić information content (AvgIpc) is 2.51. The third-order valence-corrected chi connectivity index (χ3v) is 3.30. The molecule has 0 spiro atoms. The van der Waals surface area contributed by atoms with Crippen molar-refractivity contribution in [3.8, 4) is 16.9 Å². The number of alkyl halides is 6. The number of hydrogen-bond donors (Lipinski definition) is 2. The number of aliphatic hydroxyl groups is 1. The third kappa shape index (κ3) is 4.45. The van der Waals surface area contributed by atoms with Crippen LogP contribution in [0.2, 0.25) is 0 Å². The first kappa shape index (κ1) is 19.6. The Bertz CT molecular complexity index is 813. The lowest BCUT2D eigenvalue weighted by Gasteiger charge is -2.19. The van der Waals surface area contributed by atoms with Crippen LogP contribution in [-0.4, -0.2) is 22.5 Å². The lowest BCUT2D eigenvalue weighted by molar-refractivity contribution is -0.274. The van der Waals surface area contributed by atoms with E-state index >= 15 is 0 Å². The highest BCUT2D eigenvalue weighted by Gasteiger charge is 2.38. The van der Waals surface area contributed by atoms with E-state index in [-0.39, 0.29) is 11.1 Å². The second kappa shape index (κ2) is 6.87. The summed E-state index contributed by atoms with van der Waals surface area (Å²) in [5.41, 5.74) is -2.96. The number of carbonyl (C=O) groups is 1. The summed E-state index contributed by atoms with van der Waals surface area (Å²) in [7, 11) is 0. The van der Waals surface area contributed by atoms with Gasteiger partial charge in [-0.05, 0) is 29.3 Å². The van der Waals surface area contributed by atoms with Crippen LogP contribution in [0.4, 0.5) is 26.3 Å². The first-order valence-corrected chi connectivity index (χ1v) is 6.87. The van der Waals surface area contributed by atoms with E-state index in [1.165, 1.54) is 0 Å². The first-order valence-electron chi connectivity index (χ1n) is 6.87. The number of halogens is 6. The molecule has 0 amide bonds. The van der Waals surface area contributed by atoms with Gasteiger partial charge in [-0.15, -0.1) is 13.2 Å². The Hall–Kier alpha value is -2.75. The van der Waals surface area contributed by atoms with Crippen molar-refractivity contribution < 1.29 is 46.1 Å². The molecule has 0 saturated heterocycles. The minimum absolute atomic E-state index is 0.187. The SMILES string of the molecule is O=C(O)C(O)c1c(-c2cccc(OC(F)(F)F)c2)cccc1C(F)(F)F. The van der Waals surface area contributed by atoms with Crippen molar-refractivity contribution in [1.29, 1.82) is 0 Å². The smallest absolute Gasteiger partial charge is 0.479 e. The second-order valence-corrected chi connectivity index (χ2v) is 5.08. The number of ether oxygens (including phenoxy) is 1. The van der Waals surface area contributed by atoms with Crippen LogP contribution in [0.3, 0.4) is 0 Å². The molecule has 0 aliphatic heterocycles. The molecule has 2 aromatic rings. The van der Waals surface area contributed by atoms with E-state index in [0.717, 1.165) is 36.4 Å². The minimum atomic E-state index is -5.02. The van der Waals surface area contributed by atoms with Crippen LogP contribution in [0.5, 0.6) is 5.75 Å². The molecule has 0 heterocycles. The molecule has 0 bridgehead atoms. The molecular formula is C16H10F6O4. The molecule has 0 saturated carbocycles. The molecule has 0 aromatic heterocycles. The summed E-state index contributed by atoms with van der Waals surface area (Å²) in [5, 5.41) is 18.6. The summed E-state index contributed by atoms with van der Waals surface area (Å²) in [6.07, 6.45) is -12.5. The molecule has 2 aromatic carbocycles. The zero-order valence-corrected chi connectivity index (χ0v) is 12.6. The Balaban J connectivity index is 2.67. The van der Waals surface area contributed by atoms with E-state index in [1.807, 2.05) is 0 Å². The quantitative estimate of drug-likeness (QED) is 0.773. The van der Waals surface area contributed by atoms with Crippen molar-refractivity contribution in [2.75, 3.05) is 0 Å². The average molecular weight is 380 g/mol. The number of carboxylic acids is 1. The molecule has 0 fully saturated rings. The molecule has 10 heteroatoms. The van der Waals surface area contributed by atoms with Gasteiger partial charge in [-0.2, -0.15) is 13.2 Å². The number of rotatable bonds is 4. The van der Waals surface area contributed by atoms with E-state index in [0.29, 0.717) is 6.07 Å². The van der Waals surface area contributed by atoms with Crippen LogP contribution >= 0.6 is 0 Å². The number of aliphatic carboxylic acids is 1. The van der Waals surface area contributed by atoms with Crippen molar-refractivity contribution in [3.05, 3.63) is 53.6 Å². The zero-order chi connectivity index (χ0) is 19.7. The van der Waals surface area contributed by atoms with Gasteiger partial charge in [-0.3, -0.25) is 0 Å². The van der Waals surface area contributed by atoms with E-state index in [2.05, 4.69) is 4.74 Å². The van der Waals surface area contributed by atoms with Crippen molar-refractivity contribution in [3.63, 3.8) is 0 Å². The molecular weight excluding hydrogens is 370 g/mol. The van der Waals surface area contributed by atoms with Crippen LogP contribution in [0, 0.1) is 0 Å². The van der Waals surface area contributed by atoms with Gasteiger partial charge in [0, 0.05) is 5.56 Å². The number of hydrogen-bond acceptors (Lipinski definition) is 3. The summed E-state index contributed by atoms with van der Waals surface area (Å²) < 4.78 is 80.2. The van der Waals surface area contributed by atoms with Crippen LogP contribution in [0.25, 0.3) is 11.1 Å². The van der Waals surface area contributed by atoms with Crippen LogP contribution < -0.4 is 4.74 Å². The fourth-order valence-electron chi connectivity index (χ4n) is 2.34. The summed E-state index contributed by atoms with van der Waals surface area (Å²) >= 11 is 0. The molecule has 2 N–H and O–H groups in total. The highest BCUT2D eigenvalue weighted by Crippen LogP contribution is 2.40. The molecule has 0 aliphatic rings. The first-order chi connectivity index (χ1) is 11.9. The van der Waals surface area contributed by atoms with Crippen LogP contribution in [0.15, 0.2) is 42.5 Å². The van der Waals surface area contributed by atoms with E-state index in [1.54, 1.807) is 0 Å². The predicted molar refractivity (Wildman–Crippen MR) is 76.2 cm³/mol. The van der Waals surface area contributed by atoms with Gasteiger partial charge in [0.25, 0.3) is 0 Å². The fraction of sp³-hybridized carbons (Fsp3) is 0.188. The maximum absolute atomic E-state index is 13.2. The molecule has 140 valence electrons. The van der Waals surface area contributed by atoms with Crippen molar-refractivity contribution in [2.24, 2.45) is 0 Å². The Kier molecular flexibility index (Phi) is 5.17. The van der Waals surface area contributed by atoms with Gasteiger partial charge in [0.05, 0.1) is 5.56 Å². The lowest BCUT2D eigenvalue weighted by atomic mass is 9.91. The van der Waals surface area contributed by atoms with Crippen molar-refractivity contribution in [1.82, 2.24) is 0 Å². The van der Waals surface area contributed by atoms with Gasteiger partial charge in [0.1, 0.15) is 5.75 Å². The van der Waals surface area contributed by atoms with Crippen molar-refractivity contribution >= 4 is 5.97 Å². The molecule has 4 nitrogen and oxygen atoms in total. The Labute approximate surface area is 142 Å². The molecule has 0 aliphatic carbocycles. The topological polar surface area (TPSA) is 66.8 Å². The maximum Gasteiger partial charge on any atom is 0.573 e. The standard InChI is InChI=1S/C16H10F6O4/c17-15(18,19)11-6-2-5-10(12(11)13(23)14(24)25)8-3-1-4-9(7-8)26-16(20,21)22/h1-7,13,23H,(H,24,25). The third-order valence-electron chi connectivity index (χ3n) is 3.30. The Morgan fingerprint density at radius 2 is 1.62 bits per heavy atom. The summed E-state index contributed by atoms with van der Waals surface area (Å²) in [4.78, 5) is 11.0. The van der Waals surface area contributed by atoms with E-state index in [4.69, 9.17) is 5.11 Å². The predicted octanol–water partition coefficient (Wildman–Crippen LogP) is 4.39. The monoisotopic (exact) mass is 380 g/mol. The van der Waals surface area contributed by atoms with Crippen LogP contribution in [-0.2, 0) is 11.0 Å². The Morgan fingerprint density at radius 1 is 1.00 bits per heavy atom. The Morgan fingerprint density at radius 3 is 2.15 bits per heavy atom. The number of carboxylic acid groups (broad SMARTS) is 1. The van der Waals surface area contributed by atoms with Gasteiger partial charge in [-0.1, -0.05) is 24.3 Å². The summed E-state index contributed by atoms with van der Waals surface area (Å²) in [6, 6.07) is 6.56. The number of benzene rings is 2. The molecule has 0 radical (unpaired) electrons. The molecule has 26 heavy (non-hydrogen) atoms. The molecule has 1 unspecified atom stereocenters. The highest BCUT2D eigenvalue weighted by atomic mass is 19.4. The fourth-order valence-corrected chi connectivity index (χ4v) is 2.34. The largest absolute Gasteiger partial charge is 0.573 e. The normalized spacial score (nSPS) is 13.3. The lowest BCUT2D eigenvalue weighted by Crippen LogP contribution is -2.19. The van der Waals surface area contributed by atoms with Gasteiger partial charge in [0.2, 0.25) is 0 Å². The summed E-state index contributed by atoms with van der Waals surface area (Å²) in [6.45, 7) is 0. The van der Waals surface area contributed by atoms with Gasteiger partial charge in [-0.25, -0.2) is 4.79 Å². The summed E-state index contributed by atoms with van der Waals surface area (Å²) in [5.74, 6) is -2.64. The number of aliphatic hydroxyl groups excluding tert-OH is 1.